The molecule has 0 saturated carbocycles. The van der Waals surface area contributed by atoms with Gasteiger partial charge in [0.15, 0.2) is 0 Å². The number of nitrogens with one attached hydrogen (secondary N) is 1. The topological polar surface area (TPSA) is 66.5 Å². The molecule has 1 N–H and O–H groups in total. The van der Waals surface area contributed by atoms with Gasteiger partial charge in [-0.3, -0.25) is 24.6 Å². The molecule has 3 amide bonds. The van der Waals surface area contributed by atoms with Crippen LogP contribution in [-0.2, 0) is 14.4 Å². The summed E-state index contributed by atoms with van der Waals surface area (Å²) in [5.41, 5.74) is 3.56. The van der Waals surface area contributed by atoms with Crippen molar-refractivity contribution in [2.24, 2.45) is 0 Å². The van der Waals surface area contributed by atoms with Crippen LogP contribution in [0.3, 0.4) is 0 Å². The molecule has 0 aromatic heterocycles. The van der Waals surface area contributed by atoms with Crippen LogP contribution < -0.4 is 5.32 Å². The van der Waals surface area contributed by atoms with Crippen LogP contribution in [-0.4, -0.2) is 28.7 Å². The molecular weight excluding hydrogens is 336 g/mol. The Balaban J connectivity index is 1.77. The summed E-state index contributed by atoms with van der Waals surface area (Å²) in [6, 6.07) is -0.609. The first-order chi connectivity index (χ1) is 10.1. The summed E-state index contributed by atoms with van der Waals surface area (Å²) in [4.78, 5) is 37.6. The van der Waals surface area contributed by atoms with Crippen molar-refractivity contribution in [1.29, 1.82) is 0 Å². The number of halogens is 1. The van der Waals surface area contributed by atoms with Gasteiger partial charge in [0.1, 0.15) is 6.04 Å². The third-order valence-electron chi connectivity index (χ3n) is 4.25. The molecule has 106 valence electrons. The molecule has 4 rings (SSSR count). The molecule has 2 aliphatic heterocycles. The van der Waals surface area contributed by atoms with Crippen molar-refractivity contribution >= 4 is 33.7 Å². The second kappa shape index (κ2) is 4.27. The number of hydrogen-bond acceptors (Lipinski definition) is 3. The van der Waals surface area contributed by atoms with Crippen molar-refractivity contribution in [3.63, 3.8) is 0 Å². The molecule has 1 fully saturated rings. The van der Waals surface area contributed by atoms with Crippen LogP contribution in [0.1, 0.15) is 19.3 Å². The molecular formula is C15H11BrN2O3. The zero-order chi connectivity index (χ0) is 14.7. The van der Waals surface area contributed by atoms with Crippen molar-refractivity contribution in [2.45, 2.75) is 25.3 Å². The minimum absolute atomic E-state index is 0.150. The van der Waals surface area contributed by atoms with Crippen LogP contribution in [0.4, 0.5) is 0 Å². The second-order valence-electron chi connectivity index (χ2n) is 5.45. The lowest BCUT2D eigenvalue weighted by Gasteiger charge is -2.32. The van der Waals surface area contributed by atoms with E-state index in [1.165, 1.54) is 0 Å². The molecule has 0 aromatic rings. The highest BCUT2D eigenvalue weighted by atomic mass is 79.9. The number of nitrogens with zero attached hydrogens (tertiary/aromatic N) is 1. The zero-order valence-electron chi connectivity index (χ0n) is 11.0. The number of fused-ring (bicyclic) bond motifs is 1. The first-order valence-corrected chi connectivity index (χ1v) is 7.55. The van der Waals surface area contributed by atoms with Gasteiger partial charge in [0.25, 0.3) is 5.91 Å². The number of carbonyl (C=O) groups is 3. The number of carbonyl (C=O) groups excluding carboxylic acids is 3. The largest absolute Gasteiger partial charge is 0.295 e. The third-order valence-corrected chi connectivity index (χ3v) is 4.99. The predicted octanol–water partition coefficient (Wildman–Crippen LogP) is 1.44. The molecule has 2 bridgehead atoms. The number of amides is 3. The number of allylic oxidation sites excluding steroid dienone is 5. The average Bonchev–Trinajstić information content (AvgIpc) is 2.74. The molecule has 6 heteroatoms. The average molecular weight is 347 g/mol. The van der Waals surface area contributed by atoms with E-state index in [4.69, 9.17) is 0 Å². The third kappa shape index (κ3) is 1.72. The Hall–Kier alpha value is -1.95. The van der Waals surface area contributed by atoms with E-state index in [-0.39, 0.29) is 18.2 Å². The Labute approximate surface area is 129 Å². The summed E-state index contributed by atoms with van der Waals surface area (Å²) < 4.78 is 0.934. The Kier molecular flexibility index (Phi) is 2.60. The van der Waals surface area contributed by atoms with Crippen molar-refractivity contribution in [3.8, 4) is 0 Å². The summed E-state index contributed by atoms with van der Waals surface area (Å²) in [5.74, 6) is -0.819. The van der Waals surface area contributed by atoms with E-state index < -0.39 is 11.9 Å². The molecule has 1 atom stereocenters. The van der Waals surface area contributed by atoms with E-state index in [9.17, 15) is 14.4 Å². The van der Waals surface area contributed by atoms with Crippen LogP contribution >= 0.6 is 15.9 Å². The van der Waals surface area contributed by atoms with Crippen LogP contribution in [0.2, 0.25) is 0 Å². The highest BCUT2D eigenvalue weighted by Gasteiger charge is 2.44. The fourth-order valence-corrected chi connectivity index (χ4v) is 3.70. The summed E-state index contributed by atoms with van der Waals surface area (Å²) >= 11 is 3.51. The fraction of sp³-hybridized carbons (Fsp3) is 0.267. The van der Waals surface area contributed by atoms with E-state index in [0.717, 1.165) is 21.3 Å². The quantitative estimate of drug-likeness (QED) is 0.730. The van der Waals surface area contributed by atoms with Gasteiger partial charge in [0, 0.05) is 22.9 Å². The number of rotatable bonds is 1. The van der Waals surface area contributed by atoms with Gasteiger partial charge in [0.05, 0.1) is 5.70 Å². The lowest BCUT2D eigenvalue weighted by molar-refractivity contribution is -0.141. The molecule has 1 unspecified atom stereocenters. The lowest BCUT2D eigenvalue weighted by Crippen LogP contribution is -2.52. The van der Waals surface area contributed by atoms with Gasteiger partial charge in [-0.05, 0) is 29.7 Å². The Morgan fingerprint density at radius 2 is 2.05 bits per heavy atom. The monoisotopic (exact) mass is 346 g/mol. The Morgan fingerprint density at radius 1 is 1.24 bits per heavy atom. The summed E-state index contributed by atoms with van der Waals surface area (Å²) in [7, 11) is 0. The van der Waals surface area contributed by atoms with Crippen LogP contribution in [0.5, 0.6) is 0 Å². The summed E-state index contributed by atoms with van der Waals surface area (Å²) in [5, 5.41) is 2.32. The normalized spacial score (nSPS) is 27.5. The lowest BCUT2D eigenvalue weighted by atomic mass is 9.90. The zero-order valence-corrected chi connectivity index (χ0v) is 12.6. The van der Waals surface area contributed by atoms with Gasteiger partial charge in [-0.25, -0.2) is 0 Å². The molecule has 5 nitrogen and oxygen atoms in total. The van der Waals surface area contributed by atoms with Gasteiger partial charge < -0.3 is 0 Å². The number of piperidine rings is 1. The molecule has 0 aromatic carbocycles. The standard InChI is InChI=1S/C15H11BrN2O3/c16-10-6-12-9-5-7(10)1-2-8(9)15(21)18(12)11-3-4-13(19)17-14(11)20/h1-2,6,11H,3-5H2,(H,17,19,20). The van der Waals surface area contributed by atoms with Crippen LogP contribution in [0, 0.1) is 0 Å². The first kappa shape index (κ1) is 12.8. The second-order valence-corrected chi connectivity index (χ2v) is 6.30. The maximum atomic E-state index is 12.6. The number of hydrogen-bond donors (Lipinski definition) is 1. The van der Waals surface area contributed by atoms with E-state index in [1.807, 2.05) is 18.2 Å². The van der Waals surface area contributed by atoms with E-state index >= 15 is 0 Å². The van der Waals surface area contributed by atoms with E-state index in [0.29, 0.717) is 18.4 Å². The molecule has 0 spiro atoms. The number of imide groups is 1. The minimum atomic E-state index is -0.609. The smallest absolute Gasteiger partial charge is 0.259 e. The first-order valence-electron chi connectivity index (χ1n) is 6.75. The van der Waals surface area contributed by atoms with Crippen molar-refractivity contribution in [3.05, 3.63) is 45.1 Å². The van der Waals surface area contributed by atoms with Crippen LogP contribution in [0.25, 0.3) is 0 Å². The van der Waals surface area contributed by atoms with Crippen LogP contribution in [0.15, 0.2) is 45.1 Å². The van der Waals surface area contributed by atoms with Gasteiger partial charge in [-0.2, -0.15) is 0 Å². The van der Waals surface area contributed by atoms with Crippen molar-refractivity contribution < 1.29 is 14.4 Å². The molecule has 21 heavy (non-hydrogen) atoms. The highest BCUT2D eigenvalue weighted by Crippen LogP contribution is 2.45. The maximum Gasteiger partial charge on any atom is 0.259 e. The molecule has 2 aliphatic carbocycles. The molecule has 1 saturated heterocycles. The molecule has 4 aliphatic rings. The van der Waals surface area contributed by atoms with E-state index in [1.54, 1.807) is 4.90 Å². The van der Waals surface area contributed by atoms with Crippen molar-refractivity contribution in [2.75, 3.05) is 0 Å². The predicted molar refractivity (Wildman–Crippen MR) is 77.8 cm³/mol. The Morgan fingerprint density at radius 3 is 2.81 bits per heavy atom. The summed E-state index contributed by atoms with van der Waals surface area (Å²) in [6.45, 7) is 0. The maximum absolute atomic E-state index is 12.6. The molecule has 0 radical (unpaired) electrons. The Bertz CT molecular complexity index is 742. The summed E-state index contributed by atoms with van der Waals surface area (Å²) in [6.07, 6.45) is 6.97. The minimum Gasteiger partial charge on any atom is -0.295 e. The van der Waals surface area contributed by atoms with Gasteiger partial charge in [-0.1, -0.05) is 22.0 Å². The van der Waals surface area contributed by atoms with Gasteiger partial charge in [0.2, 0.25) is 11.8 Å². The van der Waals surface area contributed by atoms with Gasteiger partial charge in [-0.15, -0.1) is 0 Å². The SMILES string of the molecule is O=C1CCC(N2C(=O)C3=C4CC(=C(Br)C=C42)C=C3)C(=O)N1. The van der Waals surface area contributed by atoms with Crippen molar-refractivity contribution in [1.82, 2.24) is 10.2 Å². The van der Waals surface area contributed by atoms with Gasteiger partial charge >= 0.3 is 0 Å². The molecule has 2 heterocycles. The fourth-order valence-electron chi connectivity index (χ4n) is 3.21. The van der Waals surface area contributed by atoms with E-state index in [2.05, 4.69) is 21.2 Å². The highest BCUT2D eigenvalue weighted by molar-refractivity contribution is 9.11.